The number of methoxy groups -OCH3 is 1. The van der Waals surface area contributed by atoms with Crippen molar-refractivity contribution in [3.05, 3.63) is 57.1 Å². The Kier molecular flexibility index (Phi) is 3.88. The molecule has 1 fully saturated rings. The van der Waals surface area contributed by atoms with Gasteiger partial charge in [0.2, 0.25) is 0 Å². The third-order valence-corrected chi connectivity index (χ3v) is 5.08. The number of urea groups is 1. The second kappa shape index (κ2) is 6.02. The lowest BCUT2D eigenvalue weighted by Crippen LogP contribution is -2.65. The maximum atomic E-state index is 12.9. The highest BCUT2D eigenvalue weighted by Gasteiger charge is 2.50. The van der Waals surface area contributed by atoms with Gasteiger partial charge in [0.05, 0.1) is 23.8 Å². The highest BCUT2D eigenvalue weighted by molar-refractivity contribution is 6.31. The first-order valence-electron chi connectivity index (χ1n) is 8.24. The van der Waals surface area contributed by atoms with Gasteiger partial charge < -0.3 is 14.8 Å². The average Bonchev–Trinajstić information content (AvgIpc) is 2.60. The zero-order valence-electron chi connectivity index (χ0n) is 14.6. The minimum Gasteiger partial charge on any atom is -0.495 e. The number of benzene rings is 2. The van der Waals surface area contributed by atoms with E-state index in [1.165, 1.54) is 24.1 Å². The van der Waals surface area contributed by atoms with Gasteiger partial charge in [0.25, 0.3) is 5.69 Å². The SMILES string of the molecule is COc1ccc(Cl)cc1N1C(=O)N[C@@H]2C[C@@]1(C)Oc1ccc([N+](=O)[O-])cc12. The highest BCUT2D eigenvalue weighted by atomic mass is 35.5. The monoisotopic (exact) mass is 389 g/mol. The number of non-ortho nitro benzene ring substituents is 1. The third-order valence-electron chi connectivity index (χ3n) is 4.85. The number of hydrogen-bond acceptors (Lipinski definition) is 5. The van der Waals surface area contributed by atoms with Gasteiger partial charge >= 0.3 is 6.03 Å². The predicted molar refractivity (Wildman–Crippen MR) is 98.5 cm³/mol. The van der Waals surface area contributed by atoms with Crippen LogP contribution in [0.15, 0.2) is 36.4 Å². The number of nitro benzene ring substituents is 1. The Morgan fingerprint density at radius 3 is 2.85 bits per heavy atom. The summed E-state index contributed by atoms with van der Waals surface area (Å²) in [6.45, 7) is 1.80. The second-order valence-electron chi connectivity index (χ2n) is 6.61. The van der Waals surface area contributed by atoms with Crippen LogP contribution in [0, 0.1) is 10.1 Å². The molecule has 0 unspecified atom stereocenters. The van der Waals surface area contributed by atoms with Gasteiger partial charge in [-0.3, -0.25) is 15.0 Å². The Balaban J connectivity index is 1.81. The number of anilines is 1. The van der Waals surface area contributed by atoms with Crippen LogP contribution in [0.3, 0.4) is 0 Å². The van der Waals surface area contributed by atoms with E-state index >= 15 is 0 Å². The largest absolute Gasteiger partial charge is 0.495 e. The summed E-state index contributed by atoms with van der Waals surface area (Å²) >= 11 is 6.13. The quantitative estimate of drug-likeness (QED) is 0.631. The number of halogens is 1. The Labute approximate surface area is 159 Å². The van der Waals surface area contributed by atoms with Gasteiger partial charge in [-0.1, -0.05) is 11.6 Å². The molecule has 0 radical (unpaired) electrons. The molecule has 27 heavy (non-hydrogen) atoms. The summed E-state index contributed by atoms with van der Waals surface area (Å²) in [7, 11) is 1.51. The molecule has 2 aromatic carbocycles. The molecule has 1 N–H and O–H groups in total. The fraction of sp³-hybridized carbons (Fsp3) is 0.278. The van der Waals surface area contributed by atoms with Gasteiger partial charge in [-0.15, -0.1) is 0 Å². The molecule has 8 nitrogen and oxygen atoms in total. The Morgan fingerprint density at radius 1 is 1.37 bits per heavy atom. The summed E-state index contributed by atoms with van der Waals surface area (Å²) in [4.78, 5) is 25.0. The second-order valence-corrected chi connectivity index (χ2v) is 7.05. The third kappa shape index (κ3) is 2.73. The predicted octanol–water partition coefficient (Wildman–Crippen LogP) is 4.03. The lowest BCUT2D eigenvalue weighted by atomic mass is 9.90. The zero-order chi connectivity index (χ0) is 19.3. The van der Waals surface area contributed by atoms with Gasteiger partial charge in [0, 0.05) is 29.1 Å². The minimum absolute atomic E-state index is 0.0471. The standard InChI is InChI=1S/C18H16ClN3O5/c1-18-9-13(12-8-11(22(24)25)4-6-15(12)27-18)20-17(23)21(18)14-7-10(19)3-5-16(14)26-2/h3-8,13H,9H2,1-2H3,(H,20,23)/t13-,18-/m1/s1. The summed E-state index contributed by atoms with van der Waals surface area (Å²) in [5.41, 5.74) is 0.0179. The lowest BCUT2D eigenvalue weighted by molar-refractivity contribution is -0.385. The minimum atomic E-state index is -1.01. The van der Waals surface area contributed by atoms with Gasteiger partial charge in [-0.25, -0.2) is 4.79 Å². The van der Waals surface area contributed by atoms with Crippen molar-refractivity contribution >= 4 is 29.0 Å². The van der Waals surface area contributed by atoms with E-state index in [0.29, 0.717) is 34.2 Å². The molecular formula is C18H16ClN3O5. The van der Waals surface area contributed by atoms with Crippen molar-refractivity contribution < 1.29 is 19.2 Å². The molecule has 2 aromatic rings. The van der Waals surface area contributed by atoms with Crippen molar-refractivity contribution in [2.45, 2.75) is 25.1 Å². The molecule has 1 saturated heterocycles. The molecule has 2 amide bonds. The van der Waals surface area contributed by atoms with E-state index in [1.54, 1.807) is 31.2 Å². The number of nitrogens with one attached hydrogen (secondary N) is 1. The first kappa shape index (κ1) is 17.4. The molecule has 0 spiro atoms. The number of carbonyl (C=O) groups excluding carboxylic acids is 1. The van der Waals surface area contributed by atoms with Crippen LogP contribution in [-0.4, -0.2) is 23.8 Å². The Bertz CT molecular complexity index is 966. The van der Waals surface area contributed by atoms with E-state index in [0.717, 1.165) is 0 Å². The van der Waals surface area contributed by atoms with Crippen LogP contribution in [0.2, 0.25) is 5.02 Å². The van der Waals surface area contributed by atoms with Crippen LogP contribution in [0.4, 0.5) is 16.2 Å². The van der Waals surface area contributed by atoms with Crippen LogP contribution >= 0.6 is 11.6 Å². The molecule has 0 saturated carbocycles. The van der Waals surface area contributed by atoms with E-state index in [9.17, 15) is 14.9 Å². The molecular weight excluding hydrogens is 374 g/mol. The number of nitro groups is 1. The van der Waals surface area contributed by atoms with Crippen molar-refractivity contribution in [2.75, 3.05) is 12.0 Å². The van der Waals surface area contributed by atoms with Crippen molar-refractivity contribution in [3.63, 3.8) is 0 Å². The van der Waals surface area contributed by atoms with E-state index in [1.807, 2.05) is 0 Å². The summed E-state index contributed by atoms with van der Waals surface area (Å²) in [6, 6.07) is 8.58. The molecule has 9 heteroatoms. The summed E-state index contributed by atoms with van der Waals surface area (Å²) in [5.74, 6) is 0.970. The fourth-order valence-corrected chi connectivity index (χ4v) is 3.84. The first-order chi connectivity index (χ1) is 12.8. The summed E-state index contributed by atoms with van der Waals surface area (Å²) in [6.07, 6.45) is 0.405. The Hall–Kier alpha value is -3.00. The van der Waals surface area contributed by atoms with Crippen molar-refractivity contribution in [2.24, 2.45) is 0 Å². The smallest absolute Gasteiger partial charge is 0.325 e. The highest BCUT2D eigenvalue weighted by Crippen LogP contribution is 2.48. The number of carbonyl (C=O) groups is 1. The number of nitrogens with zero attached hydrogens (tertiary/aromatic N) is 2. The summed E-state index contributed by atoms with van der Waals surface area (Å²) < 4.78 is 11.5. The molecule has 0 aromatic heterocycles. The number of rotatable bonds is 3. The normalized spacial score (nSPS) is 23.1. The van der Waals surface area contributed by atoms with E-state index < -0.39 is 22.7 Å². The number of ether oxygens (including phenoxy) is 2. The van der Waals surface area contributed by atoms with Crippen LogP contribution in [-0.2, 0) is 0 Å². The number of hydrogen-bond donors (Lipinski definition) is 1. The molecule has 2 bridgehead atoms. The molecule has 140 valence electrons. The molecule has 2 aliphatic heterocycles. The maximum absolute atomic E-state index is 12.9. The van der Waals surface area contributed by atoms with Gasteiger partial charge in [0.1, 0.15) is 11.5 Å². The zero-order valence-corrected chi connectivity index (χ0v) is 15.3. The van der Waals surface area contributed by atoms with E-state index in [4.69, 9.17) is 21.1 Å². The van der Waals surface area contributed by atoms with Gasteiger partial charge in [-0.2, -0.15) is 0 Å². The maximum Gasteiger partial charge on any atom is 0.325 e. The van der Waals surface area contributed by atoms with Crippen LogP contribution < -0.4 is 19.7 Å². The van der Waals surface area contributed by atoms with Crippen molar-refractivity contribution in [1.29, 1.82) is 0 Å². The van der Waals surface area contributed by atoms with Crippen LogP contribution in [0.25, 0.3) is 0 Å². The van der Waals surface area contributed by atoms with Crippen LogP contribution in [0.5, 0.6) is 11.5 Å². The lowest BCUT2D eigenvalue weighted by Gasteiger charge is -2.50. The molecule has 0 aliphatic carbocycles. The van der Waals surface area contributed by atoms with E-state index in [2.05, 4.69) is 5.32 Å². The van der Waals surface area contributed by atoms with Crippen LogP contribution in [0.1, 0.15) is 24.9 Å². The van der Waals surface area contributed by atoms with Gasteiger partial charge in [-0.05, 0) is 31.2 Å². The summed E-state index contributed by atoms with van der Waals surface area (Å²) in [5, 5.41) is 14.4. The first-order valence-corrected chi connectivity index (χ1v) is 8.62. The topological polar surface area (TPSA) is 93.9 Å². The molecule has 2 heterocycles. The fourth-order valence-electron chi connectivity index (χ4n) is 3.68. The van der Waals surface area contributed by atoms with Crippen molar-refractivity contribution in [1.82, 2.24) is 5.32 Å². The molecule has 4 rings (SSSR count). The number of fused-ring (bicyclic) bond motifs is 4. The Morgan fingerprint density at radius 2 is 2.15 bits per heavy atom. The van der Waals surface area contributed by atoms with Crippen molar-refractivity contribution in [3.8, 4) is 11.5 Å². The average molecular weight is 390 g/mol. The van der Waals surface area contributed by atoms with E-state index in [-0.39, 0.29) is 5.69 Å². The number of amides is 2. The van der Waals surface area contributed by atoms with Gasteiger partial charge in [0.15, 0.2) is 5.72 Å². The molecule has 2 aliphatic rings. The molecule has 2 atom stereocenters.